The summed E-state index contributed by atoms with van der Waals surface area (Å²) in [5.74, 6) is 0. The Balaban J connectivity index is 0. The molecule has 0 amide bonds. The smallest absolute Gasteiger partial charge is 0 e. The molecule has 0 nitrogen and oxygen atoms in total. The summed E-state index contributed by atoms with van der Waals surface area (Å²) in [6.45, 7) is 0. The van der Waals surface area contributed by atoms with Gasteiger partial charge in [-0.2, -0.15) is 0 Å². The molecule has 0 bridgehead atoms. The van der Waals surface area contributed by atoms with Gasteiger partial charge in [-0.05, 0) is 0 Å². The van der Waals surface area contributed by atoms with Gasteiger partial charge in [-0.3, -0.25) is 0 Å². The van der Waals surface area contributed by atoms with Gasteiger partial charge >= 0.3 is 0 Å². The number of rotatable bonds is 0. The largest absolute Gasteiger partial charge is 0.0814 e. The van der Waals surface area contributed by atoms with Crippen LogP contribution in [-0.2, 0) is 91.5 Å². The summed E-state index contributed by atoms with van der Waals surface area (Å²) in [4.78, 5) is 0. The van der Waals surface area contributed by atoms with Gasteiger partial charge in [0, 0.05) is 91.5 Å². The van der Waals surface area contributed by atoms with Crippen LogP contribution in [0.25, 0.3) is 0 Å². The molecule has 0 saturated carbocycles. The zero-order valence-electron chi connectivity index (χ0n) is 2.13. The maximum atomic E-state index is 0. The van der Waals surface area contributed by atoms with Crippen LogP contribution in [0, 0.1) is 0 Å². The molecule has 0 aromatic rings. The molecule has 3 radical (unpaired) electrons. The van der Waals surface area contributed by atoms with Gasteiger partial charge in [0.1, 0.15) is 0 Å². The van der Waals surface area contributed by atoms with Crippen molar-refractivity contribution in [1.82, 2.24) is 0 Å². The Hall–Kier alpha value is 2.92. The van der Waals surface area contributed by atoms with E-state index in [-0.39, 0.29) is 99.9 Å². The second-order valence-electron chi connectivity index (χ2n) is 0. The van der Waals surface area contributed by atoms with Crippen LogP contribution >= 0.6 is 0 Å². The van der Waals surface area contributed by atoms with Crippen molar-refractivity contribution in [3.8, 4) is 0 Å². The van der Waals surface area contributed by atoms with Crippen LogP contribution in [0.2, 0.25) is 0 Å². The maximum Gasteiger partial charge on any atom is 0.0814 e. The van der Waals surface area contributed by atoms with Crippen LogP contribution in [0.1, 0.15) is 0 Å². The van der Waals surface area contributed by atoms with Crippen molar-refractivity contribution in [2.24, 2.45) is 0 Å². The monoisotopic (exact) mass is 353 g/mol. The van der Waals surface area contributed by atoms with E-state index in [9.17, 15) is 0 Å². The number of hydrogen-bond donors (Lipinski definition) is 0. The van der Waals surface area contributed by atoms with Gasteiger partial charge in [-0.25, -0.2) is 0 Å². The predicted molar refractivity (Wildman–Crippen MR) is 9.94 cm³/mol. The van der Waals surface area contributed by atoms with E-state index in [1.807, 2.05) is 0 Å². The first-order valence-electron chi connectivity index (χ1n) is 0. The molecule has 0 atom stereocenters. The van der Waals surface area contributed by atoms with E-state index in [2.05, 4.69) is 0 Å². The van der Waals surface area contributed by atoms with Gasteiger partial charge in [0.15, 0.2) is 0 Å². The first-order valence-corrected chi connectivity index (χ1v) is 0. The standard InChI is InChI=1S/BH3.Co.Cu.Mn.Mo.Zn/h1H3;;;;;. The van der Waals surface area contributed by atoms with E-state index in [4.69, 9.17) is 0 Å². The summed E-state index contributed by atoms with van der Waals surface area (Å²) in [5, 5.41) is 0. The fraction of sp³-hybridized carbons (Fsp3) is 0. The molecule has 0 N–H and O–H groups in total. The third kappa shape index (κ3) is 28.4. The average molecular weight is 353 g/mol. The van der Waals surface area contributed by atoms with Crippen LogP contribution < -0.4 is 0 Å². The van der Waals surface area contributed by atoms with Crippen LogP contribution in [0.3, 0.4) is 0 Å². The van der Waals surface area contributed by atoms with Crippen molar-refractivity contribution in [2.75, 3.05) is 0 Å². The minimum absolute atomic E-state index is 0. The molecule has 0 fully saturated rings. The van der Waals surface area contributed by atoms with Crippen molar-refractivity contribution in [2.45, 2.75) is 0 Å². The van der Waals surface area contributed by atoms with Crippen molar-refractivity contribution < 1.29 is 91.5 Å². The molecular formula is H3BCoCuMnMoZn. The fourth-order valence-corrected chi connectivity index (χ4v) is 0. The Kier molecular flexibility index (Phi) is 486. The SMILES string of the molecule is B.[Co].[Cu].[Mn].[Mo].[Zn]. The van der Waals surface area contributed by atoms with Crippen LogP contribution in [0.4, 0.5) is 0 Å². The van der Waals surface area contributed by atoms with Gasteiger partial charge in [0.2, 0.25) is 0 Å². The van der Waals surface area contributed by atoms with Gasteiger partial charge in [-0.1, -0.05) is 0 Å². The molecule has 0 aromatic heterocycles. The maximum absolute atomic E-state index is 0. The molecule has 6 heteroatoms. The van der Waals surface area contributed by atoms with E-state index in [1.165, 1.54) is 0 Å². The Morgan fingerprint density at radius 1 is 1.00 bits per heavy atom. The first-order chi connectivity index (χ1) is 0. The molecule has 0 saturated heterocycles. The van der Waals surface area contributed by atoms with Gasteiger partial charge in [0.25, 0.3) is 0 Å². The molecular weight excluding hydrogens is 350 g/mol. The Labute approximate surface area is 98.5 Å². The summed E-state index contributed by atoms with van der Waals surface area (Å²) >= 11 is 0. The molecule has 41 valence electrons. The van der Waals surface area contributed by atoms with Crippen LogP contribution in [-0.4, -0.2) is 8.41 Å². The minimum Gasteiger partial charge on any atom is 0 e. The molecule has 0 heterocycles. The molecule has 0 aliphatic carbocycles. The second-order valence-corrected chi connectivity index (χ2v) is 0. The third-order valence-electron chi connectivity index (χ3n) is 0. The Morgan fingerprint density at radius 2 is 1.00 bits per heavy atom. The van der Waals surface area contributed by atoms with Crippen molar-refractivity contribution >= 4 is 8.41 Å². The molecule has 0 aliphatic heterocycles. The quantitative estimate of drug-likeness (QED) is 0.481. The summed E-state index contributed by atoms with van der Waals surface area (Å²) in [6, 6.07) is 0. The molecule has 0 aliphatic rings. The van der Waals surface area contributed by atoms with E-state index in [0.717, 1.165) is 0 Å². The van der Waals surface area contributed by atoms with E-state index < -0.39 is 0 Å². The minimum atomic E-state index is 0. The third-order valence-corrected chi connectivity index (χ3v) is 0. The zero-order chi connectivity index (χ0) is 0. The van der Waals surface area contributed by atoms with E-state index >= 15 is 0 Å². The van der Waals surface area contributed by atoms with E-state index in [0.29, 0.717) is 0 Å². The van der Waals surface area contributed by atoms with Gasteiger partial charge in [0.05, 0.1) is 8.41 Å². The van der Waals surface area contributed by atoms with Gasteiger partial charge < -0.3 is 0 Å². The van der Waals surface area contributed by atoms with Crippen molar-refractivity contribution in [3.05, 3.63) is 0 Å². The van der Waals surface area contributed by atoms with Crippen molar-refractivity contribution in [3.63, 3.8) is 0 Å². The molecule has 6 heavy (non-hydrogen) atoms. The molecule has 0 rings (SSSR count). The predicted octanol–water partition coefficient (Wildman–Crippen LogP) is -1.20. The summed E-state index contributed by atoms with van der Waals surface area (Å²) in [5.41, 5.74) is 0. The van der Waals surface area contributed by atoms with Crippen LogP contribution in [0.15, 0.2) is 0 Å². The Bertz CT molecular complexity index is 15.5. The molecule has 0 spiro atoms. The first kappa shape index (κ1) is 65.6. The Morgan fingerprint density at radius 3 is 1.00 bits per heavy atom. The molecule has 0 unspecified atom stereocenters. The topological polar surface area (TPSA) is 0 Å². The number of hydrogen-bond acceptors (Lipinski definition) is 0. The second kappa shape index (κ2) is 44.5. The van der Waals surface area contributed by atoms with Crippen LogP contribution in [0.5, 0.6) is 0 Å². The fourth-order valence-electron chi connectivity index (χ4n) is 0. The normalized spacial score (nSPS) is 0. The van der Waals surface area contributed by atoms with Crippen molar-refractivity contribution in [1.29, 1.82) is 0 Å². The van der Waals surface area contributed by atoms with E-state index in [1.54, 1.807) is 0 Å². The zero-order valence-corrected chi connectivity index (χ0v) is 10.3. The summed E-state index contributed by atoms with van der Waals surface area (Å²) in [7, 11) is 0. The average Bonchev–Trinajstić information content (AvgIpc) is 0. The van der Waals surface area contributed by atoms with Gasteiger partial charge in [-0.15, -0.1) is 0 Å². The summed E-state index contributed by atoms with van der Waals surface area (Å²) in [6.07, 6.45) is 0. The summed E-state index contributed by atoms with van der Waals surface area (Å²) < 4.78 is 0. The molecule has 0 aromatic carbocycles.